The number of carbonyl (C=O) groups is 1. The van der Waals surface area contributed by atoms with Gasteiger partial charge in [0.05, 0.1) is 14.4 Å². The highest BCUT2D eigenvalue weighted by atomic mass is 35.5. The SMILES string of the molecule is O=C(CS(=O)(=O)c1c(Cl)cccc1Cl)c1cc(Cl)sc1Cl. The van der Waals surface area contributed by atoms with E-state index >= 15 is 0 Å². The second kappa shape index (κ2) is 6.44. The van der Waals surface area contributed by atoms with Gasteiger partial charge in [-0.15, -0.1) is 11.3 Å². The fourth-order valence-electron chi connectivity index (χ4n) is 1.63. The fourth-order valence-corrected chi connectivity index (χ4v) is 5.61. The molecule has 0 N–H and O–H groups in total. The maximum absolute atomic E-state index is 12.3. The molecule has 2 aromatic rings. The van der Waals surface area contributed by atoms with E-state index in [0.29, 0.717) is 4.34 Å². The fraction of sp³-hybridized carbons (Fsp3) is 0.0833. The Hall–Kier alpha value is -0.300. The van der Waals surface area contributed by atoms with E-state index in [0.717, 1.165) is 11.3 Å². The van der Waals surface area contributed by atoms with Gasteiger partial charge >= 0.3 is 0 Å². The largest absolute Gasteiger partial charge is 0.293 e. The first-order valence-corrected chi connectivity index (χ1v) is 9.35. The van der Waals surface area contributed by atoms with Gasteiger partial charge in [-0.3, -0.25) is 4.79 Å². The van der Waals surface area contributed by atoms with E-state index in [-0.39, 0.29) is 24.8 Å². The van der Waals surface area contributed by atoms with Crippen LogP contribution >= 0.6 is 57.7 Å². The lowest BCUT2D eigenvalue weighted by atomic mass is 10.2. The molecule has 1 aromatic heterocycles. The molecule has 0 saturated carbocycles. The number of ketones is 1. The Morgan fingerprint density at radius 3 is 2.14 bits per heavy atom. The molecule has 0 atom stereocenters. The van der Waals surface area contributed by atoms with Crippen molar-refractivity contribution in [2.45, 2.75) is 4.90 Å². The summed E-state index contributed by atoms with van der Waals surface area (Å²) in [5.41, 5.74) is 0.0680. The van der Waals surface area contributed by atoms with Crippen molar-refractivity contribution in [3.05, 3.63) is 48.5 Å². The highest BCUT2D eigenvalue weighted by molar-refractivity contribution is 7.92. The predicted octanol–water partition coefficient (Wildman–Crippen LogP) is 5.02. The van der Waals surface area contributed by atoms with Crippen LogP contribution in [0.2, 0.25) is 18.7 Å². The minimum absolute atomic E-state index is 0.0373. The number of rotatable bonds is 4. The van der Waals surface area contributed by atoms with Gasteiger partial charge in [0, 0.05) is 5.56 Å². The van der Waals surface area contributed by atoms with Gasteiger partial charge in [-0.1, -0.05) is 52.5 Å². The maximum Gasteiger partial charge on any atom is 0.188 e. The van der Waals surface area contributed by atoms with E-state index in [2.05, 4.69) is 0 Å². The first-order valence-electron chi connectivity index (χ1n) is 5.37. The Labute approximate surface area is 145 Å². The van der Waals surface area contributed by atoms with Gasteiger partial charge in [-0.05, 0) is 18.2 Å². The maximum atomic E-state index is 12.3. The van der Waals surface area contributed by atoms with Gasteiger partial charge in [0.15, 0.2) is 15.6 Å². The minimum atomic E-state index is -3.99. The lowest BCUT2D eigenvalue weighted by Gasteiger charge is -2.07. The van der Waals surface area contributed by atoms with Crippen LogP contribution in [0.1, 0.15) is 10.4 Å². The molecule has 112 valence electrons. The van der Waals surface area contributed by atoms with Crippen LogP contribution in [0.25, 0.3) is 0 Å². The van der Waals surface area contributed by atoms with Gasteiger partial charge in [0.1, 0.15) is 15.0 Å². The first-order chi connectivity index (χ1) is 9.72. The van der Waals surface area contributed by atoms with Gasteiger partial charge in [0.2, 0.25) is 0 Å². The van der Waals surface area contributed by atoms with Crippen molar-refractivity contribution in [3.8, 4) is 0 Å². The molecule has 21 heavy (non-hydrogen) atoms. The third kappa shape index (κ3) is 3.73. The lowest BCUT2D eigenvalue weighted by Crippen LogP contribution is -2.17. The Morgan fingerprint density at radius 2 is 1.67 bits per heavy atom. The minimum Gasteiger partial charge on any atom is -0.293 e. The molecule has 0 fully saturated rings. The highest BCUT2D eigenvalue weighted by Gasteiger charge is 2.27. The van der Waals surface area contributed by atoms with E-state index in [4.69, 9.17) is 46.4 Å². The van der Waals surface area contributed by atoms with Crippen molar-refractivity contribution in [1.29, 1.82) is 0 Å². The third-order valence-corrected chi connectivity index (χ3v) is 6.55. The van der Waals surface area contributed by atoms with Gasteiger partial charge in [-0.2, -0.15) is 0 Å². The summed E-state index contributed by atoms with van der Waals surface area (Å²) in [5.74, 6) is -1.46. The van der Waals surface area contributed by atoms with Crippen molar-refractivity contribution < 1.29 is 13.2 Å². The highest BCUT2D eigenvalue weighted by Crippen LogP contribution is 2.33. The molecule has 0 bridgehead atoms. The number of thiophene rings is 1. The standard InChI is InChI=1S/C12H6Cl4O3S2/c13-7-2-1-3-8(14)11(7)21(18,19)5-9(17)6-4-10(15)20-12(6)16/h1-4H,5H2. The van der Waals surface area contributed by atoms with E-state index < -0.39 is 21.4 Å². The zero-order valence-corrected chi connectivity index (χ0v) is 14.7. The average Bonchev–Trinajstić information content (AvgIpc) is 2.67. The molecule has 2 rings (SSSR count). The van der Waals surface area contributed by atoms with E-state index in [9.17, 15) is 13.2 Å². The molecule has 0 amide bonds. The van der Waals surface area contributed by atoms with Crippen LogP contribution in [0.4, 0.5) is 0 Å². The third-order valence-electron chi connectivity index (χ3n) is 2.51. The number of sulfone groups is 1. The smallest absolute Gasteiger partial charge is 0.188 e. The molecule has 9 heteroatoms. The molecule has 0 radical (unpaired) electrons. The number of carbonyl (C=O) groups excluding carboxylic acids is 1. The molecule has 0 aliphatic heterocycles. The van der Waals surface area contributed by atoms with Gasteiger partial charge in [0.25, 0.3) is 0 Å². The van der Waals surface area contributed by atoms with Crippen molar-refractivity contribution >= 4 is 73.4 Å². The monoisotopic (exact) mass is 402 g/mol. The lowest BCUT2D eigenvalue weighted by molar-refractivity contribution is 0.102. The van der Waals surface area contributed by atoms with Crippen molar-refractivity contribution in [3.63, 3.8) is 0 Å². The summed E-state index contributed by atoms with van der Waals surface area (Å²) < 4.78 is 25.1. The Kier molecular flexibility index (Phi) is 5.23. The summed E-state index contributed by atoms with van der Waals surface area (Å²) in [6.07, 6.45) is 0. The second-order valence-corrected chi connectivity index (χ2v) is 9.00. The van der Waals surface area contributed by atoms with E-state index in [1.165, 1.54) is 24.3 Å². The Balaban J connectivity index is 2.38. The van der Waals surface area contributed by atoms with Crippen LogP contribution in [0, 0.1) is 0 Å². The number of Topliss-reactive ketones (excluding diaryl/α,β-unsaturated/α-hetero) is 1. The van der Waals surface area contributed by atoms with Gasteiger partial charge < -0.3 is 0 Å². The summed E-state index contributed by atoms with van der Waals surface area (Å²) in [4.78, 5) is 11.8. The quantitative estimate of drug-likeness (QED) is 0.673. The van der Waals surface area contributed by atoms with E-state index in [1.54, 1.807) is 0 Å². The Morgan fingerprint density at radius 1 is 1.10 bits per heavy atom. The molecule has 1 aromatic carbocycles. The molecular formula is C12H6Cl4O3S2. The molecular weight excluding hydrogens is 398 g/mol. The summed E-state index contributed by atoms with van der Waals surface area (Å²) in [6, 6.07) is 5.63. The number of benzene rings is 1. The first kappa shape index (κ1) is 17.1. The Bertz CT molecular complexity index is 792. The van der Waals surface area contributed by atoms with Crippen molar-refractivity contribution in [2.24, 2.45) is 0 Å². The van der Waals surface area contributed by atoms with Crippen molar-refractivity contribution in [1.82, 2.24) is 0 Å². The number of hydrogen-bond acceptors (Lipinski definition) is 4. The van der Waals surface area contributed by atoms with Crippen LogP contribution in [-0.4, -0.2) is 20.0 Å². The van der Waals surface area contributed by atoms with Crippen LogP contribution in [0.15, 0.2) is 29.2 Å². The topological polar surface area (TPSA) is 51.2 Å². The van der Waals surface area contributed by atoms with Gasteiger partial charge in [-0.25, -0.2) is 8.42 Å². The summed E-state index contributed by atoms with van der Waals surface area (Å²) >= 11 is 24.3. The summed E-state index contributed by atoms with van der Waals surface area (Å²) in [5, 5.41) is -0.0745. The molecule has 1 heterocycles. The van der Waals surface area contributed by atoms with Crippen LogP contribution in [0.5, 0.6) is 0 Å². The molecule has 0 saturated heterocycles. The average molecular weight is 404 g/mol. The molecule has 0 unspecified atom stereocenters. The molecule has 0 aliphatic carbocycles. The summed E-state index contributed by atoms with van der Waals surface area (Å²) in [6.45, 7) is 0. The summed E-state index contributed by atoms with van der Waals surface area (Å²) in [7, 11) is -3.99. The molecule has 0 spiro atoms. The second-order valence-electron chi connectivity index (χ2n) is 3.97. The van der Waals surface area contributed by atoms with Crippen LogP contribution < -0.4 is 0 Å². The number of hydrogen-bond donors (Lipinski definition) is 0. The molecule has 0 aliphatic rings. The number of halogens is 4. The zero-order valence-electron chi connectivity index (χ0n) is 10.1. The molecule has 3 nitrogen and oxygen atoms in total. The predicted molar refractivity (Wildman–Crippen MR) is 87.2 cm³/mol. The van der Waals surface area contributed by atoms with Crippen LogP contribution in [0.3, 0.4) is 0 Å². The normalized spacial score (nSPS) is 11.6. The zero-order chi connectivity index (χ0) is 15.8. The van der Waals surface area contributed by atoms with Crippen LogP contribution in [-0.2, 0) is 9.84 Å². The van der Waals surface area contributed by atoms with Crippen molar-refractivity contribution in [2.75, 3.05) is 5.75 Å². The van der Waals surface area contributed by atoms with E-state index in [1.807, 2.05) is 0 Å².